The molecule has 0 saturated carbocycles. The van der Waals surface area contributed by atoms with Gasteiger partial charge in [-0.1, -0.05) is 24.3 Å². The van der Waals surface area contributed by atoms with Crippen molar-refractivity contribution in [3.63, 3.8) is 0 Å². The van der Waals surface area contributed by atoms with Gasteiger partial charge in [0.15, 0.2) is 0 Å². The van der Waals surface area contributed by atoms with Crippen LogP contribution in [0.25, 0.3) is 0 Å². The highest BCUT2D eigenvalue weighted by Crippen LogP contribution is 2.17. The summed E-state index contributed by atoms with van der Waals surface area (Å²) >= 11 is 0. The van der Waals surface area contributed by atoms with Crippen LogP contribution in [0.4, 0.5) is 0 Å². The lowest BCUT2D eigenvalue weighted by atomic mass is 10.0. The molecule has 0 N–H and O–H groups in total. The zero-order valence-corrected chi connectivity index (χ0v) is 6.47. The van der Waals surface area contributed by atoms with Crippen molar-refractivity contribution in [2.75, 3.05) is 6.61 Å². The molecule has 0 bridgehead atoms. The van der Waals surface area contributed by atoms with Gasteiger partial charge in [0, 0.05) is 6.61 Å². The van der Waals surface area contributed by atoms with E-state index in [2.05, 4.69) is 18.7 Å². The van der Waals surface area contributed by atoms with Crippen LogP contribution in [-0.4, -0.2) is 12.7 Å². The van der Waals surface area contributed by atoms with Crippen molar-refractivity contribution in [2.45, 2.75) is 25.9 Å². The van der Waals surface area contributed by atoms with Gasteiger partial charge in [-0.25, -0.2) is 0 Å². The first-order valence-electron chi connectivity index (χ1n) is 3.79. The third-order valence-corrected chi connectivity index (χ3v) is 1.64. The van der Waals surface area contributed by atoms with Crippen LogP contribution >= 0.6 is 0 Å². The standard InChI is InChI=1S/C9H14O/c1-3-10-9-6-4-5-8(2)7-9/h4-5,9H,2-3,6-7H2,1H3. The van der Waals surface area contributed by atoms with Gasteiger partial charge in [0.2, 0.25) is 0 Å². The Morgan fingerprint density at radius 3 is 3.20 bits per heavy atom. The molecule has 10 heavy (non-hydrogen) atoms. The predicted molar refractivity (Wildman–Crippen MR) is 42.9 cm³/mol. The molecule has 0 saturated heterocycles. The van der Waals surface area contributed by atoms with Crippen molar-refractivity contribution in [1.29, 1.82) is 0 Å². The molecule has 1 atom stereocenters. The molecule has 0 radical (unpaired) electrons. The second kappa shape index (κ2) is 3.57. The molecular weight excluding hydrogens is 124 g/mol. The molecule has 0 amide bonds. The molecule has 1 rings (SSSR count). The van der Waals surface area contributed by atoms with Crippen LogP contribution in [0.1, 0.15) is 19.8 Å². The molecule has 1 nitrogen and oxygen atoms in total. The molecular formula is C9H14O. The maximum atomic E-state index is 5.44. The molecule has 1 aliphatic carbocycles. The minimum absolute atomic E-state index is 0.391. The van der Waals surface area contributed by atoms with Gasteiger partial charge in [0.25, 0.3) is 0 Å². The third kappa shape index (κ3) is 1.99. The smallest absolute Gasteiger partial charge is 0.0649 e. The monoisotopic (exact) mass is 138 g/mol. The average Bonchev–Trinajstić information content (AvgIpc) is 1.88. The van der Waals surface area contributed by atoms with E-state index in [1.54, 1.807) is 0 Å². The fourth-order valence-electron chi connectivity index (χ4n) is 1.19. The first-order chi connectivity index (χ1) is 4.83. The minimum Gasteiger partial charge on any atom is -0.378 e. The van der Waals surface area contributed by atoms with E-state index in [9.17, 15) is 0 Å². The minimum atomic E-state index is 0.391. The Morgan fingerprint density at radius 1 is 1.80 bits per heavy atom. The molecule has 0 aromatic rings. The summed E-state index contributed by atoms with van der Waals surface area (Å²) < 4.78 is 5.44. The lowest BCUT2D eigenvalue weighted by Gasteiger charge is -2.18. The van der Waals surface area contributed by atoms with Gasteiger partial charge < -0.3 is 4.74 Å². The van der Waals surface area contributed by atoms with Crippen molar-refractivity contribution in [2.24, 2.45) is 0 Å². The van der Waals surface area contributed by atoms with Gasteiger partial charge in [-0.15, -0.1) is 0 Å². The second-order valence-corrected chi connectivity index (χ2v) is 2.58. The number of allylic oxidation sites excluding steroid dienone is 1. The van der Waals surface area contributed by atoms with Crippen molar-refractivity contribution in [1.82, 2.24) is 0 Å². The first kappa shape index (κ1) is 7.55. The van der Waals surface area contributed by atoms with Crippen molar-refractivity contribution in [3.8, 4) is 0 Å². The number of ether oxygens (including phenoxy) is 1. The van der Waals surface area contributed by atoms with E-state index in [4.69, 9.17) is 4.74 Å². The Balaban J connectivity index is 2.36. The maximum Gasteiger partial charge on any atom is 0.0649 e. The molecule has 0 heterocycles. The molecule has 0 aromatic carbocycles. The summed E-state index contributed by atoms with van der Waals surface area (Å²) in [6.45, 7) is 6.72. The van der Waals surface area contributed by atoms with Crippen LogP contribution in [0, 0.1) is 0 Å². The summed E-state index contributed by atoms with van der Waals surface area (Å²) in [6, 6.07) is 0. The van der Waals surface area contributed by atoms with E-state index in [1.165, 1.54) is 5.57 Å². The summed E-state index contributed by atoms with van der Waals surface area (Å²) in [5, 5.41) is 0. The lowest BCUT2D eigenvalue weighted by molar-refractivity contribution is 0.0643. The van der Waals surface area contributed by atoms with E-state index in [-0.39, 0.29) is 0 Å². The van der Waals surface area contributed by atoms with Crippen LogP contribution in [0.15, 0.2) is 24.3 Å². The Morgan fingerprint density at radius 2 is 2.60 bits per heavy atom. The van der Waals surface area contributed by atoms with Gasteiger partial charge in [0.05, 0.1) is 6.10 Å². The molecule has 0 aromatic heterocycles. The fourth-order valence-corrected chi connectivity index (χ4v) is 1.19. The van der Waals surface area contributed by atoms with Crippen molar-refractivity contribution in [3.05, 3.63) is 24.3 Å². The van der Waals surface area contributed by atoms with Gasteiger partial charge in [-0.3, -0.25) is 0 Å². The third-order valence-electron chi connectivity index (χ3n) is 1.64. The van der Waals surface area contributed by atoms with E-state index in [0.717, 1.165) is 19.4 Å². The highest BCUT2D eigenvalue weighted by atomic mass is 16.5. The van der Waals surface area contributed by atoms with Crippen LogP contribution in [0.3, 0.4) is 0 Å². The second-order valence-electron chi connectivity index (χ2n) is 2.58. The van der Waals surface area contributed by atoms with Crippen LogP contribution in [0.2, 0.25) is 0 Å². The predicted octanol–water partition coefficient (Wildman–Crippen LogP) is 2.30. The molecule has 1 unspecified atom stereocenters. The first-order valence-corrected chi connectivity index (χ1v) is 3.79. The van der Waals surface area contributed by atoms with Crippen molar-refractivity contribution >= 4 is 0 Å². The van der Waals surface area contributed by atoms with E-state index >= 15 is 0 Å². The molecule has 1 aliphatic rings. The maximum absolute atomic E-state index is 5.44. The Bertz CT molecular complexity index is 147. The normalized spacial score (nSPS) is 25.3. The van der Waals surface area contributed by atoms with E-state index in [1.807, 2.05) is 6.92 Å². The number of rotatable bonds is 2. The lowest BCUT2D eigenvalue weighted by Crippen LogP contribution is -2.14. The van der Waals surface area contributed by atoms with Gasteiger partial charge in [-0.2, -0.15) is 0 Å². The average molecular weight is 138 g/mol. The van der Waals surface area contributed by atoms with E-state index in [0.29, 0.717) is 6.10 Å². The molecule has 1 heteroatoms. The molecule has 0 fully saturated rings. The number of hydrogen-bond acceptors (Lipinski definition) is 1. The highest BCUT2D eigenvalue weighted by molar-refractivity contribution is 5.19. The summed E-state index contributed by atoms with van der Waals surface area (Å²) in [5.41, 5.74) is 1.18. The molecule has 0 spiro atoms. The van der Waals surface area contributed by atoms with Gasteiger partial charge >= 0.3 is 0 Å². The fraction of sp³-hybridized carbons (Fsp3) is 0.556. The Kier molecular flexibility index (Phi) is 2.69. The quantitative estimate of drug-likeness (QED) is 0.569. The molecule has 0 aliphatic heterocycles. The van der Waals surface area contributed by atoms with Crippen molar-refractivity contribution < 1.29 is 4.74 Å². The summed E-state index contributed by atoms with van der Waals surface area (Å²) in [5.74, 6) is 0. The summed E-state index contributed by atoms with van der Waals surface area (Å²) in [7, 11) is 0. The topological polar surface area (TPSA) is 9.23 Å². The van der Waals surface area contributed by atoms with Gasteiger partial charge in [-0.05, 0) is 19.8 Å². The SMILES string of the molecule is C=C1C=CCC(OCC)C1. The van der Waals surface area contributed by atoms with Crippen LogP contribution in [0.5, 0.6) is 0 Å². The summed E-state index contributed by atoms with van der Waals surface area (Å²) in [4.78, 5) is 0. The summed E-state index contributed by atoms with van der Waals surface area (Å²) in [6.07, 6.45) is 6.65. The zero-order valence-electron chi connectivity index (χ0n) is 6.47. The Labute approximate surface area is 62.4 Å². The molecule has 56 valence electrons. The largest absolute Gasteiger partial charge is 0.378 e. The van der Waals surface area contributed by atoms with Crippen LogP contribution < -0.4 is 0 Å². The number of hydrogen-bond donors (Lipinski definition) is 0. The van der Waals surface area contributed by atoms with Gasteiger partial charge in [0.1, 0.15) is 0 Å². The highest BCUT2D eigenvalue weighted by Gasteiger charge is 2.10. The Hall–Kier alpha value is -0.560. The van der Waals surface area contributed by atoms with E-state index < -0.39 is 0 Å². The van der Waals surface area contributed by atoms with Crippen LogP contribution in [-0.2, 0) is 4.74 Å². The zero-order chi connectivity index (χ0) is 7.40.